The van der Waals surface area contributed by atoms with Gasteiger partial charge >= 0.3 is 5.97 Å². The predicted octanol–water partition coefficient (Wildman–Crippen LogP) is 3.46. The second-order valence-corrected chi connectivity index (χ2v) is 7.21. The summed E-state index contributed by atoms with van der Waals surface area (Å²) in [4.78, 5) is 46.0. The van der Waals surface area contributed by atoms with Crippen LogP contribution in [0.1, 0.15) is 24.2 Å². The van der Waals surface area contributed by atoms with Gasteiger partial charge in [-0.25, -0.2) is 0 Å². The smallest absolute Gasteiger partial charge is 0.319 e. The number of ether oxygens (including phenoxy) is 1. The van der Waals surface area contributed by atoms with Crippen LogP contribution in [-0.4, -0.2) is 34.4 Å². The molecule has 146 valence electrons. The van der Waals surface area contributed by atoms with E-state index in [9.17, 15) is 24.5 Å². The summed E-state index contributed by atoms with van der Waals surface area (Å²) in [5, 5.41) is 12.6. The lowest BCUT2D eigenvalue weighted by molar-refractivity contribution is -0.384. The van der Waals surface area contributed by atoms with Crippen molar-refractivity contribution in [1.29, 1.82) is 0 Å². The zero-order valence-corrected chi connectivity index (χ0v) is 16.0. The number of carbonyl (C=O) groups is 3. The monoisotopic (exact) mass is 402 g/mol. The summed E-state index contributed by atoms with van der Waals surface area (Å²) in [5.41, 5.74) is 0.980. The first kappa shape index (κ1) is 21.1. The lowest BCUT2D eigenvalue weighted by Gasteiger charge is -2.11. The minimum atomic E-state index is -0.593. The lowest BCUT2D eigenvalue weighted by atomic mass is 10.1. The van der Waals surface area contributed by atoms with Crippen LogP contribution in [-0.2, 0) is 14.3 Å². The highest BCUT2D eigenvalue weighted by Gasteiger charge is 2.18. The van der Waals surface area contributed by atoms with Crippen LogP contribution in [0, 0.1) is 10.1 Å². The highest BCUT2D eigenvalue weighted by atomic mass is 32.2. The molecule has 0 saturated carbocycles. The van der Waals surface area contributed by atoms with E-state index in [0.717, 1.165) is 0 Å². The molecule has 8 nitrogen and oxygen atoms in total. The summed E-state index contributed by atoms with van der Waals surface area (Å²) in [6.45, 7) is 2.62. The molecule has 28 heavy (non-hydrogen) atoms. The van der Waals surface area contributed by atoms with Gasteiger partial charge in [-0.1, -0.05) is 0 Å². The van der Waals surface area contributed by atoms with Gasteiger partial charge in [0, 0.05) is 28.3 Å². The third-order valence-electron chi connectivity index (χ3n) is 3.61. The van der Waals surface area contributed by atoms with E-state index in [1.165, 1.54) is 30.8 Å². The van der Waals surface area contributed by atoms with Gasteiger partial charge in [0.05, 0.1) is 4.92 Å². The minimum Gasteiger partial charge on any atom is -0.455 e. The van der Waals surface area contributed by atoms with E-state index in [4.69, 9.17) is 4.74 Å². The number of nitrogens with one attached hydrogen (secondary N) is 1. The number of thioether (sulfide) groups is 1. The van der Waals surface area contributed by atoms with Crippen LogP contribution in [0.2, 0.25) is 0 Å². The normalized spacial score (nSPS) is 11.4. The van der Waals surface area contributed by atoms with Crippen LogP contribution >= 0.6 is 11.8 Å². The van der Waals surface area contributed by atoms with Gasteiger partial charge in [-0.3, -0.25) is 24.5 Å². The van der Waals surface area contributed by atoms with E-state index in [2.05, 4.69) is 5.32 Å². The molecule has 2 aromatic carbocycles. The van der Waals surface area contributed by atoms with Gasteiger partial charge in [0.1, 0.15) is 5.25 Å². The zero-order valence-electron chi connectivity index (χ0n) is 15.2. The molecule has 9 heteroatoms. The Labute approximate surface area is 165 Å². The standard InChI is InChI=1S/C19H18N2O6S/c1-12(22)14-3-5-15(6-4-14)20-18(23)11-27-19(24)13(2)28-17-9-7-16(8-10-17)21(25)26/h3-10,13H,11H2,1-2H3,(H,20,23)/t13-/m0/s1. The Bertz CT molecular complexity index is 880. The SMILES string of the molecule is CC(=O)c1ccc(NC(=O)COC(=O)[C@H](C)Sc2ccc([N+](=O)[O-])cc2)cc1. The molecule has 0 aliphatic carbocycles. The second kappa shape index (κ2) is 9.65. The Morgan fingerprint density at radius 2 is 1.71 bits per heavy atom. The number of non-ortho nitro benzene ring substituents is 1. The highest BCUT2D eigenvalue weighted by molar-refractivity contribution is 8.00. The molecule has 0 spiro atoms. The predicted molar refractivity (Wildman–Crippen MR) is 104 cm³/mol. The van der Waals surface area contributed by atoms with Crippen molar-refractivity contribution in [3.8, 4) is 0 Å². The minimum absolute atomic E-state index is 0.0346. The number of hydrogen-bond acceptors (Lipinski definition) is 7. The maximum Gasteiger partial charge on any atom is 0.319 e. The van der Waals surface area contributed by atoms with Crippen molar-refractivity contribution in [3.63, 3.8) is 0 Å². The van der Waals surface area contributed by atoms with Crippen LogP contribution in [0.15, 0.2) is 53.4 Å². The number of ketones is 1. The van der Waals surface area contributed by atoms with Crippen molar-refractivity contribution >= 4 is 40.8 Å². The fourth-order valence-corrected chi connectivity index (χ4v) is 3.00. The molecule has 0 aromatic heterocycles. The van der Waals surface area contributed by atoms with Gasteiger partial charge in [-0.05, 0) is 50.2 Å². The first-order valence-electron chi connectivity index (χ1n) is 8.25. The lowest BCUT2D eigenvalue weighted by Crippen LogP contribution is -2.24. The van der Waals surface area contributed by atoms with Crippen molar-refractivity contribution in [2.75, 3.05) is 11.9 Å². The van der Waals surface area contributed by atoms with Crippen LogP contribution in [0.25, 0.3) is 0 Å². The van der Waals surface area contributed by atoms with E-state index in [1.54, 1.807) is 43.3 Å². The number of benzene rings is 2. The average Bonchev–Trinajstić information content (AvgIpc) is 2.66. The van der Waals surface area contributed by atoms with Gasteiger partial charge in [0.25, 0.3) is 11.6 Å². The number of anilines is 1. The molecular weight excluding hydrogens is 384 g/mol. The first-order chi connectivity index (χ1) is 13.3. The largest absolute Gasteiger partial charge is 0.455 e. The van der Waals surface area contributed by atoms with Crippen LogP contribution < -0.4 is 5.32 Å². The number of esters is 1. The van der Waals surface area contributed by atoms with Crippen LogP contribution in [0.5, 0.6) is 0 Å². The van der Waals surface area contributed by atoms with E-state index < -0.39 is 28.7 Å². The van der Waals surface area contributed by atoms with E-state index in [1.807, 2.05) is 0 Å². The number of Topliss-reactive ketones (excluding diaryl/α,β-unsaturated/α-hetero) is 1. The van der Waals surface area contributed by atoms with Crippen molar-refractivity contribution in [3.05, 3.63) is 64.2 Å². The van der Waals surface area contributed by atoms with Crippen molar-refractivity contribution < 1.29 is 24.0 Å². The zero-order chi connectivity index (χ0) is 20.7. The molecular formula is C19H18N2O6S. The molecule has 0 bridgehead atoms. The molecule has 0 fully saturated rings. The van der Waals surface area contributed by atoms with Gasteiger partial charge in [-0.15, -0.1) is 11.8 Å². The molecule has 2 aromatic rings. The third kappa shape index (κ3) is 6.20. The number of amides is 1. The molecule has 0 radical (unpaired) electrons. The Kier molecular flexibility index (Phi) is 7.28. The summed E-state index contributed by atoms with van der Waals surface area (Å²) in [6.07, 6.45) is 0. The van der Waals surface area contributed by atoms with Gasteiger partial charge < -0.3 is 10.1 Å². The number of nitro benzene ring substituents is 1. The average molecular weight is 402 g/mol. The topological polar surface area (TPSA) is 116 Å². The van der Waals surface area contributed by atoms with Crippen LogP contribution in [0.3, 0.4) is 0 Å². The summed E-state index contributed by atoms with van der Waals surface area (Å²) in [5.74, 6) is -1.16. The molecule has 0 aliphatic heterocycles. The number of rotatable bonds is 8. The van der Waals surface area contributed by atoms with Crippen LogP contribution in [0.4, 0.5) is 11.4 Å². The number of nitrogens with zero attached hydrogens (tertiary/aromatic N) is 1. The van der Waals surface area contributed by atoms with Crippen molar-refractivity contribution in [2.24, 2.45) is 0 Å². The van der Waals surface area contributed by atoms with E-state index in [0.29, 0.717) is 16.1 Å². The van der Waals surface area contributed by atoms with Gasteiger partial charge in [0.15, 0.2) is 12.4 Å². The highest BCUT2D eigenvalue weighted by Crippen LogP contribution is 2.26. The summed E-state index contributed by atoms with van der Waals surface area (Å²) in [6, 6.07) is 12.1. The van der Waals surface area contributed by atoms with Gasteiger partial charge in [0.2, 0.25) is 0 Å². The molecule has 1 amide bonds. The van der Waals surface area contributed by atoms with E-state index >= 15 is 0 Å². The summed E-state index contributed by atoms with van der Waals surface area (Å²) >= 11 is 1.17. The van der Waals surface area contributed by atoms with Crippen molar-refractivity contribution in [2.45, 2.75) is 24.0 Å². The quantitative estimate of drug-likeness (QED) is 0.236. The molecule has 1 atom stereocenters. The maximum atomic E-state index is 12.0. The summed E-state index contributed by atoms with van der Waals surface area (Å²) in [7, 11) is 0. The number of nitro groups is 1. The second-order valence-electron chi connectivity index (χ2n) is 5.80. The summed E-state index contributed by atoms with van der Waals surface area (Å²) < 4.78 is 5.00. The molecule has 1 N–H and O–H groups in total. The maximum absolute atomic E-state index is 12.0. The molecule has 0 saturated heterocycles. The number of hydrogen-bond donors (Lipinski definition) is 1. The molecule has 2 rings (SSSR count). The molecule has 0 unspecified atom stereocenters. The Morgan fingerprint density at radius 3 is 2.25 bits per heavy atom. The fraction of sp³-hybridized carbons (Fsp3) is 0.211. The van der Waals surface area contributed by atoms with Gasteiger partial charge in [-0.2, -0.15) is 0 Å². The molecule has 0 aliphatic rings. The Balaban J connectivity index is 1.80. The fourth-order valence-electron chi connectivity index (χ4n) is 2.14. The molecule has 0 heterocycles. The Morgan fingerprint density at radius 1 is 1.11 bits per heavy atom. The van der Waals surface area contributed by atoms with Crippen molar-refractivity contribution in [1.82, 2.24) is 0 Å². The number of carbonyl (C=O) groups excluding carboxylic acids is 3. The third-order valence-corrected chi connectivity index (χ3v) is 4.70. The Hall–Kier alpha value is -3.20. The first-order valence-corrected chi connectivity index (χ1v) is 9.13. The van der Waals surface area contributed by atoms with E-state index in [-0.39, 0.29) is 11.5 Å².